The average Bonchev–Trinajstić information content (AvgIpc) is 3.18. The van der Waals surface area contributed by atoms with E-state index in [1.165, 1.54) is 18.2 Å². The van der Waals surface area contributed by atoms with Crippen molar-refractivity contribution in [2.75, 3.05) is 12.4 Å². The maximum atomic E-state index is 14.0. The van der Waals surface area contributed by atoms with E-state index in [1.807, 2.05) is 30.3 Å². The Morgan fingerprint density at radius 2 is 1.78 bits per heavy atom. The second-order valence-electron chi connectivity index (χ2n) is 7.15. The van der Waals surface area contributed by atoms with Gasteiger partial charge in [-0.3, -0.25) is 4.79 Å². The Labute approximate surface area is 194 Å². The molecule has 0 radical (unpaired) electrons. The van der Waals surface area contributed by atoms with E-state index >= 15 is 0 Å². The first-order valence-corrected chi connectivity index (χ1v) is 10.4. The molecule has 3 aromatic carbocycles. The third kappa shape index (κ3) is 4.49. The fraction of sp³-hybridized carbons (Fsp3) is 0.0800. The van der Waals surface area contributed by atoms with Crippen molar-refractivity contribution < 1.29 is 18.3 Å². The molecule has 0 saturated heterocycles. The van der Waals surface area contributed by atoms with E-state index in [9.17, 15) is 9.18 Å². The highest BCUT2D eigenvalue weighted by Gasteiger charge is 2.15. The molecule has 4 rings (SSSR count). The lowest BCUT2D eigenvalue weighted by Gasteiger charge is -2.10. The largest absolute Gasteiger partial charge is 0.496 e. The summed E-state index contributed by atoms with van der Waals surface area (Å²) in [6, 6.07) is 15.2. The number of ether oxygens (including phenoxy) is 1. The first-order valence-electron chi connectivity index (χ1n) is 9.65. The normalized spacial score (nSPS) is 11.6. The van der Waals surface area contributed by atoms with E-state index in [1.54, 1.807) is 26.4 Å². The third-order valence-corrected chi connectivity index (χ3v) is 5.50. The van der Waals surface area contributed by atoms with Crippen LogP contribution in [0.3, 0.4) is 0 Å². The topological polar surface area (TPSA) is 51.5 Å². The van der Waals surface area contributed by atoms with Gasteiger partial charge < -0.3 is 14.5 Å². The molecular formula is C25H18Cl2FNO3. The summed E-state index contributed by atoms with van der Waals surface area (Å²) in [5, 5.41) is 4.29. The molecule has 1 heterocycles. The number of hydrogen-bond acceptors (Lipinski definition) is 3. The van der Waals surface area contributed by atoms with Crippen molar-refractivity contribution in [3.63, 3.8) is 0 Å². The van der Waals surface area contributed by atoms with Gasteiger partial charge in [-0.1, -0.05) is 35.3 Å². The second kappa shape index (κ2) is 9.07. The Morgan fingerprint density at radius 1 is 1.06 bits per heavy atom. The van der Waals surface area contributed by atoms with Gasteiger partial charge in [0.25, 0.3) is 0 Å². The maximum absolute atomic E-state index is 14.0. The van der Waals surface area contributed by atoms with Crippen LogP contribution < -0.4 is 10.1 Å². The van der Waals surface area contributed by atoms with Crippen molar-refractivity contribution in [3.05, 3.63) is 88.4 Å². The fourth-order valence-corrected chi connectivity index (χ4v) is 3.70. The number of nitrogens with one attached hydrogen (secondary N) is 1. The van der Waals surface area contributed by atoms with Crippen LogP contribution in [0.15, 0.2) is 71.4 Å². The Balaban J connectivity index is 1.70. The molecule has 0 spiro atoms. The highest BCUT2D eigenvalue weighted by Crippen LogP contribution is 2.37. The summed E-state index contributed by atoms with van der Waals surface area (Å²) in [6.45, 7) is 1.78. The summed E-state index contributed by atoms with van der Waals surface area (Å²) < 4.78 is 25.2. The van der Waals surface area contributed by atoms with Gasteiger partial charge in [-0.2, -0.15) is 0 Å². The van der Waals surface area contributed by atoms with Gasteiger partial charge in [-0.15, -0.1) is 0 Å². The molecule has 1 amide bonds. The average molecular weight is 470 g/mol. The third-order valence-electron chi connectivity index (χ3n) is 5.01. The summed E-state index contributed by atoms with van der Waals surface area (Å²) in [5.41, 5.74) is 3.88. The zero-order valence-corrected chi connectivity index (χ0v) is 18.7. The minimum Gasteiger partial charge on any atom is -0.496 e. The van der Waals surface area contributed by atoms with Crippen LogP contribution >= 0.6 is 23.2 Å². The second-order valence-corrected chi connectivity index (χ2v) is 8.02. The lowest BCUT2D eigenvalue weighted by Crippen LogP contribution is -2.10. The zero-order chi connectivity index (χ0) is 22.8. The SMILES string of the molecule is COc1cc2occ(-c3ccc(Cl)cc3)c2cc1/C(C)=C/C(=O)Nc1ccc(Cl)cc1F. The van der Waals surface area contributed by atoms with Crippen molar-refractivity contribution in [1.82, 2.24) is 0 Å². The zero-order valence-electron chi connectivity index (χ0n) is 17.2. The monoisotopic (exact) mass is 469 g/mol. The molecule has 0 aliphatic carbocycles. The highest BCUT2D eigenvalue weighted by atomic mass is 35.5. The number of carbonyl (C=O) groups excluding carboxylic acids is 1. The number of rotatable bonds is 5. The van der Waals surface area contributed by atoms with Crippen LogP contribution in [-0.2, 0) is 4.79 Å². The van der Waals surface area contributed by atoms with Crippen LogP contribution in [0, 0.1) is 5.82 Å². The summed E-state index contributed by atoms with van der Waals surface area (Å²) in [7, 11) is 1.55. The van der Waals surface area contributed by atoms with Gasteiger partial charge in [0.15, 0.2) is 0 Å². The molecular weight excluding hydrogens is 452 g/mol. The fourth-order valence-electron chi connectivity index (χ4n) is 3.42. The molecule has 32 heavy (non-hydrogen) atoms. The molecule has 0 unspecified atom stereocenters. The number of halogens is 3. The number of allylic oxidation sites excluding steroid dienone is 1. The number of anilines is 1. The predicted molar refractivity (Wildman–Crippen MR) is 127 cm³/mol. The quantitative estimate of drug-likeness (QED) is 0.306. The van der Waals surface area contributed by atoms with Gasteiger partial charge in [-0.05, 0) is 54.5 Å². The first kappa shape index (κ1) is 21.9. The van der Waals surface area contributed by atoms with E-state index < -0.39 is 11.7 Å². The minimum absolute atomic E-state index is 0.0470. The van der Waals surface area contributed by atoms with Crippen molar-refractivity contribution in [1.29, 1.82) is 0 Å². The molecule has 4 aromatic rings. The predicted octanol–water partition coefficient (Wildman–Crippen LogP) is 7.60. The molecule has 4 nitrogen and oxygen atoms in total. The van der Waals surface area contributed by atoms with Crippen molar-refractivity contribution in [3.8, 4) is 16.9 Å². The summed E-state index contributed by atoms with van der Waals surface area (Å²) in [6.07, 6.45) is 3.06. The molecule has 7 heteroatoms. The van der Waals surface area contributed by atoms with E-state index in [4.69, 9.17) is 32.4 Å². The highest BCUT2D eigenvalue weighted by molar-refractivity contribution is 6.31. The molecule has 0 aliphatic rings. The van der Waals surface area contributed by atoms with Crippen molar-refractivity contribution in [2.45, 2.75) is 6.92 Å². The minimum atomic E-state index is -0.609. The number of methoxy groups -OCH3 is 1. The van der Waals surface area contributed by atoms with Crippen LogP contribution in [0.5, 0.6) is 5.75 Å². The number of hydrogen-bond donors (Lipinski definition) is 1. The van der Waals surface area contributed by atoms with E-state index in [0.29, 0.717) is 27.5 Å². The van der Waals surface area contributed by atoms with Crippen LogP contribution in [-0.4, -0.2) is 13.0 Å². The van der Waals surface area contributed by atoms with Crippen LogP contribution in [0.1, 0.15) is 12.5 Å². The molecule has 1 aromatic heterocycles. The number of benzene rings is 3. The maximum Gasteiger partial charge on any atom is 0.248 e. The molecule has 162 valence electrons. The van der Waals surface area contributed by atoms with E-state index in [2.05, 4.69) is 5.32 Å². The van der Waals surface area contributed by atoms with Crippen LogP contribution in [0.25, 0.3) is 27.7 Å². The van der Waals surface area contributed by atoms with E-state index in [-0.39, 0.29) is 10.7 Å². The first-order chi connectivity index (χ1) is 15.4. The lowest BCUT2D eigenvalue weighted by atomic mass is 9.99. The van der Waals surface area contributed by atoms with Crippen LogP contribution in [0.4, 0.5) is 10.1 Å². The van der Waals surface area contributed by atoms with E-state index in [0.717, 1.165) is 22.6 Å². The summed E-state index contributed by atoms with van der Waals surface area (Å²) in [5.74, 6) is -0.536. The summed E-state index contributed by atoms with van der Waals surface area (Å²) >= 11 is 11.8. The Bertz CT molecular complexity index is 1340. The molecule has 0 fully saturated rings. The van der Waals surface area contributed by atoms with Crippen molar-refractivity contribution in [2.24, 2.45) is 0 Å². The van der Waals surface area contributed by atoms with Gasteiger partial charge >= 0.3 is 0 Å². The lowest BCUT2D eigenvalue weighted by molar-refractivity contribution is -0.111. The molecule has 1 N–H and O–H groups in total. The van der Waals surface area contributed by atoms with Gasteiger partial charge in [0.2, 0.25) is 5.91 Å². The molecule has 0 atom stereocenters. The molecule has 0 aliphatic heterocycles. The van der Waals surface area contributed by atoms with Gasteiger partial charge in [0.05, 0.1) is 19.1 Å². The van der Waals surface area contributed by atoms with Gasteiger partial charge in [0.1, 0.15) is 17.1 Å². The molecule has 0 bridgehead atoms. The number of fused-ring (bicyclic) bond motifs is 1. The van der Waals surface area contributed by atoms with Crippen LogP contribution in [0.2, 0.25) is 10.0 Å². The Hall–Kier alpha value is -3.28. The Kier molecular flexibility index (Phi) is 6.21. The summed E-state index contributed by atoms with van der Waals surface area (Å²) in [4.78, 5) is 12.5. The number of carbonyl (C=O) groups is 1. The smallest absolute Gasteiger partial charge is 0.248 e. The van der Waals surface area contributed by atoms with Gasteiger partial charge in [0, 0.05) is 38.7 Å². The molecule has 0 saturated carbocycles. The standard InChI is InChI=1S/C25H18Cl2FNO3/c1-14(9-25(30)29-22-8-7-17(27)10-21(22)28)18-11-19-20(15-3-5-16(26)6-4-15)13-32-24(19)12-23(18)31-2/h3-13H,1-2H3,(H,29,30)/b14-9+. The van der Waals surface area contributed by atoms with Crippen molar-refractivity contribution >= 4 is 51.3 Å². The van der Waals surface area contributed by atoms with Gasteiger partial charge in [-0.25, -0.2) is 4.39 Å². The number of furan rings is 1. The number of amides is 1. The Morgan fingerprint density at radius 3 is 2.47 bits per heavy atom.